The Morgan fingerprint density at radius 2 is 1.67 bits per heavy atom. The van der Waals surface area contributed by atoms with Crippen LogP contribution in [-0.4, -0.2) is 47.5 Å². The number of hydroxylamine groups is 1. The molecule has 2 aromatic carbocycles. The van der Waals surface area contributed by atoms with Gasteiger partial charge in [0.15, 0.2) is 14.6 Å². The first kappa shape index (κ1) is 21.9. The summed E-state index contributed by atoms with van der Waals surface area (Å²) in [5.74, 6) is -1.00. The molecule has 1 aliphatic rings. The van der Waals surface area contributed by atoms with Crippen molar-refractivity contribution in [1.82, 2.24) is 5.48 Å². The van der Waals surface area contributed by atoms with E-state index in [-0.39, 0.29) is 13.0 Å². The van der Waals surface area contributed by atoms with Gasteiger partial charge in [0.25, 0.3) is 5.91 Å². The lowest BCUT2D eigenvalue weighted by atomic mass is 9.95. The first-order chi connectivity index (χ1) is 14.2. The van der Waals surface area contributed by atoms with Crippen molar-refractivity contribution < 1.29 is 28.4 Å². The molecule has 0 aliphatic carbocycles. The number of nitrogens with one attached hydrogen (secondary N) is 1. The molecule has 0 spiro atoms. The van der Waals surface area contributed by atoms with Crippen molar-refractivity contribution in [3.05, 3.63) is 59.7 Å². The van der Waals surface area contributed by atoms with Gasteiger partial charge in [-0.15, -0.1) is 0 Å². The highest BCUT2D eigenvalue weighted by Gasteiger charge is 2.47. The first-order valence-corrected chi connectivity index (χ1v) is 11.2. The number of carbonyl (C=O) groups is 1. The van der Waals surface area contributed by atoms with Crippen molar-refractivity contribution in [1.29, 1.82) is 0 Å². The topological polar surface area (TPSA) is 125 Å². The van der Waals surface area contributed by atoms with Gasteiger partial charge in [-0.05, 0) is 29.2 Å². The highest BCUT2D eigenvalue weighted by atomic mass is 32.2. The summed E-state index contributed by atoms with van der Waals surface area (Å²) < 4.78 is 22.4. The molecule has 0 saturated carbocycles. The van der Waals surface area contributed by atoms with Crippen LogP contribution < -0.4 is 5.48 Å². The zero-order valence-electron chi connectivity index (χ0n) is 16.7. The number of carbonyl (C=O) groups excluding carboxylic acids is 1. The fourth-order valence-electron chi connectivity index (χ4n) is 3.33. The van der Waals surface area contributed by atoms with E-state index in [4.69, 9.17) is 15.2 Å². The third-order valence-corrected chi connectivity index (χ3v) is 7.43. The van der Waals surface area contributed by atoms with Gasteiger partial charge >= 0.3 is 0 Å². The molecule has 8 nitrogen and oxygen atoms in total. The lowest BCUT2D eigenvalue weighted by molar-refractivity contribution is -0.132. The summed E-state index contributed by atoms with van der Waals surface area (Å²) in [7, 11) is -3.81. The van der Waals surface area contributed by atoms with Gasteiger partial charge < -0.3 is 9.94 Å². The van der Waals surface area contributed by atoms with Crippen LogP contribution in [0.4, 0.5) is 0 Å². The maximum atomic E-state index is 12.1. The van der Waals surface area contributed by atoms with E-state index in [0.717, 1.165) is 28.5 Å². The predicted molar refractivity (Wildman–Crippen MR) is 112 cm³/mol. The molecule has 0 radical (unpaired) electrons. The Kier molecular flexibility index (Phi) is 6.25. The van der Waals surface area contributed by atoms with E-state index in [9.17, 15) is 13.2 Å². The van der Waals surface area contributed by atoms with Crippen LogP contribution >= 0.6 is 0 Å². The van der Waals surface area contributed by atoms with Crippen molar-refractivity contribution in [3.8, 4) is 11.1 Å². The summed E-state index contributed by atoms with van der Waals surface area (Å²) in [5, 5.41) is 22.1. The second kappa shape index (κ2) is 8.55. The minimum atomic E-state index is -3.81. The van der Waals surface area contributed by atoms with Gasteiger partial charge in [-0.2, -0.15) is 0 Å². The summed E-state index contributed by atoms with van der Waals surface area (Å²) in [6.45, 7) is 1.25. The lowest BCUT2D eigenvalue weighted by Gasteiger charge is -2.26. The van der Waals surface area contributed by atoms with E-state index < -0.39 is 26.6 Å². The van der Waals surface area contributed by atoms with Crippen LogP contribution in [0.1, 0.15) is 30.9 Å². The van der Waals surface area contributed by atoms with Crippen LogP contribution in [0.15, 0.2) is 53.7 Å². The Morgan fingerprint density at radius 1 is 1.13 bits per heavy atom. The fraction of sp³-hybridized carbons (Fsp3) is 0.333. The van der Waals surface area contributed by atoms with E-state index >= 15 is 0 Å². The normalized spacial score (nSPS) is 18.3. The molecule has 1 amide bonds. The van der Waals surface area contributed by atoms with Crippen molar-refractivity contribution in [3.63, 3.8) is 0 Å². The van der Waals surface area contributed by atoms with Crippen LogP contribution in [0, 0.1) is 0 Å². The number of aliphatic hydroxyl groups excluding tert-OH is 1. The largest absolute Gasteiger partial charge is 0.392 e. The number of aliphatic hydroxyl groups is 1. The number of hydrogen-bond acceptors (Lipinski definition) is 7. The van der Waals surface area contributed by atoms with Crippen LogP contribution in [0.5, 0.6) is 0 Å². The molecule has 30 heavy (non-hydrogen) atoms. The summed E-state index contributed by atoms with van der Waals surface area (Å²) in [6, 6.07) is 15.3. The highest BCUT2D eigenvalue weighted by Crippen LogP contribution is 2.30. The van der Waals surface area contributed by atoms with Crippen molar-refractivity contribution >= 4 is 21.5 Å². The molecule has 0 aromatic heterocycles. The number of sulfone groups is 1. The highest BCUT2D eigenvalue weighted by molar-refractivity contribution is 7.92. The maximum Gasteiger partial charge on any atom is 0.264 e. The van der Waals surface area contributed by atoms with Gasteiger partial charge in [0, 0.05) is 19.1 Å². The van der Waals surface area contributed by atoms with Crippen molar-refractivity contribution in [2.45, 2.75) is 37.2 Å². The second-order valence-electron chi connectivity index (χ2n) is 7.55. The number of rotatable bonds is 7. The monoisotopic (exact) mass is 432 g/mol. The Bertz CT molecular complexity index is 1050. The maximum absolute atomic E-state index is 12.1. The summed E-state index contributed by atoms with van der Waals surface area (Å²) in [4.78, 5) is 17.4. The smallest absolute Gasteiger partial charge is 0.264 e. The molecule has 0 bridgehead atoms. The Labute approximate surface area is 175 Å². The lowest BCUT2D eigenvalue weighted by Crippen LogP contribution is -2.51. The standard InChI is InChI=1S/C21H24N2O6S/c1-21(20(25)22-26,30(2,27)28)12-18-11-19(23-29-18)17-9-7-16(8-10-17)15-5-3-14(13-24)4-6-15/h3-10,18,24,26H,11-13H2,1-2H3,(H,22,25). The Hall–Kier alpha value is -2.75. The van der Waals surface area contributed by atoms with E-state index in [1.807, 2.05) is 48.5 Å². The van der Waals surface area contributed by atoms with Gasteiger partial charge in [-0.3, -0.25) is 10.0 Å². The predicted octanol–water partition coefficient (Wildman–Crippen LogP) is 2.04. The molecule has 0 fully saturated rings. The van der Waals surface area contributed by atoms with Gasteiger partial charge in [0.1, 0.15) is 6.10 Å². The van der Waals surface area contributed by atoms with E-state index in [1.165, 1.54) is 12.4 Å². The summed E-state index contributed by atoms with van der Waals surface area (Å²) in [5.41, 5.74) is 5.78. The number of oxime groups is 1. The SMILES string of the molecule is CC(CC1CC(c2ccc(-c3ccc(CO)cc3)cc2)=NO1)(C(=O)NO)S(C)(=O)=O. The van der Waals surface area contributed by atoms with E-state index in [1.54, 1.807) is 0 Å². The number of hydrogen-bond donors (Lipinski definition) is 3. The third kappa shape index (κ3) is 4.38. The van der Waals surface area contributed by atoms with Crippen LogP contribution in [0.3, 0.4) is 0 Å². The average Bonchev–Trinajstić information content (AvgIpc) is 3.20. The zero-order valence-corrected chi connectivity index (χ0v) is 17.5. The molecule has 2 unspecified atom stereocenters. The second-order valence-corrected chi connectivity index (χ2v) is 10.00. The molecule has 2 atom stereocenters. The first-order valence-electron chi connectivity index (χ1n) is 9.35. The van der Waals surface area contributed by atoms with E-state index in [0.29, 0.717) is 12.1 Å². The Morgan fingerprint density at radius 3 is 2.17 bits per heavy atom. The molecule has 160 valence electrons. The van der Waals surface area contributed by atoms with Gasteiger partial charge in [-0.1, -0.05) is 53.7 Å². The number of amides is 1. The summed E-state index contributed by atoms with van der Waals surface area (Å²) in [6.07, 6.45) is 0.544. The molecule has 2 aromatic rings. The molecular formula is C21H24N2O6S. The molecule has 9 heteroatoms. The third-order valence-electron chi connectivity index (χ3n) is 5.44. The van der Waals surface area contributed by atoms with Crippen LogP contribution in [0.25, 0.3) is 11.1 Å². The molecule has 1 aliphatic heterocycles. The zero-order chi connectivity index (χ0) is 21.9. The van der Waals surface area contributed by atoms with E-state index in [2.05, 4.69) is 5.16 Å². The van der Waals surface area contributed by atoms with Gasteiger partial charge in [0.2, 0.25) is 0 Å². The molecule has 1 heterocycles. The quantitative estimate of drug-likeness (QED) is 0.454. The average molecular weight is 432 g/mol. The Balaban J connectivity index is 1.71. The van der Waals surface area contributed by atoms with Crippen molar-refractivity contribution in [2.75, 3.05) is 6.26 Å². The van der Waals surface area contributed by atoms with Gasteiger partial charge in [-0.25, -0.2) is 13.9 Å². The van der Waals surface area contributed by atoms with Crippen LogP contribution in [0.2, 0.25) is 0 Å². The molecule has 3 rings (SSSR count). The minimum absolute atomic E-state index is 0.00144. The molecule has 3 N–H and O–H groups in total. The summed E-state index contributed by atoms with van der Waals surface area (Å²) >= 11 is 0. The fourth-order valence-corrected chi connectivity index (χ4v) is 4.20. The molecular weight excluding hydrogens is 408 g/mol. The number of nitrogens with zero attached hydrogens (tertiary/aromatic N) is 1. The van der Waals surface area contributed by atoms with Crippen LogP contribution in [-0.2, 0) is 26.1 Å². The van der Waals surface area contributed by atoms with Gasteiger partial charge in [0.05, 0.1) is 12.3 Å². The minimum Gasteiger partial charge on any atom is -0.392 e. The van der Waals surface area contributed by atoms with Crippen molar-refractivity contribution in [2.24, 2.45) is 5.16 Å². The molecule has 0 saturated heterocycles. The number of benzene rings is 2.